The van der Waals surface area contributed by atoms with Crippen molar-refractivity contribution in [1.82, 2.24) is 5.32 Å². The summed E-state index contributed by atoms with van der Waals surface area (Å²) in [4.78, 5) is 0. The molecule has 2 aromatic rings. The molecule has 3 N–H and O–H groups in total. The molecule has 0 saturated heterocycles. The first-order chi connectivity index (χ1) is 10.7. The van der Waals surface area contributed by atoms with E-state index in [9.17, 15) is 10.2 Å². The Kier molecular flexibility index (Phi) is 4.25. The predicted molar refractivity (Wildman–Crippen MR) is 93.8 cm³/mol. The molecule has 4 nitrogen and oxygen atoms in total. The summed E-state index contributed by atoms with van der Waals surface area (Å²) in [6.45, 7) is 2.74. The van der Waals surface area contributed by atoms with Crippen LogP contribution in [0.3, 0.4) is 0 Å². The number of fused-ring (bicyclic) bond motifs is 5. The molecule has 23 heavy (non-hydrogen) atoms. The molecule has 0 fully saturated rings. The number of nitrogens with one attached hydrogen (secondary N) is 1. The van der Waals surface area contributed by atoms with Crippen molar-refractivity contribution in [2.45, 2.75) is 31.3 Å². The zero-order valence-electron chi connectivity index (χ0n) is 12.8. The highest BCUT2D eigenvalue weighted by Gasteiger charge is 2.39. The van der Waals surface area contributed by atoms with Gasteiger partial charge < -0.3 is 20.3 Å². The van der Waals surface area contributed by atoms with Crippen LogP contribution in [-0.4, -0.2) is 22.9 Å². The van der Waals surface area contributed by atoms with Gasteiger partial charge in [0.1, 0.15) is 12.4 Å². The lowest BCUT2D eigenvalue weighted by atomic mass is 9.76. The molecule has 2 aliphatic heterocycles. The zero-order valence-corrected chi connectivity index (χ0v) is 14.5. The minimum Gasteiger partial charge on any atom is -0.504 e. The van der Waals surface area contributed by atoms with Gasteiger partial charge in [0.2, 0.25) is 0 Å². The molecule has 5 heteroatoms. The number of phenolic OH excluding ortho intramolecular Hbond substituents is 2. The molecule has 0 saturated carbocycles. The van der Waals surface area contributed by atoms with Gasteiger partial charge in [-0.2, -0.15) is 0 Å². The van der Waals surface area contributed by atoms with Gasteiger partial charge in [0.15, 0.2) is 11.5 Å². The summed E-state index contributed by atoms with van der Waals surface area (Å²) in [5.41, 5.74) is 3.53. The van der Waals surface area contributed by atoms with Gasteiger partial charge in [-0.3, -0.25) is 0 Å². The van der Waals surface area contributed by atoms with E-state index in [4.69, 9.17) is 4.74 Å². The molecule has 0 radical (unpaired) electrons. The first-order valence-electron chi connectivity index (χ1n) is 7.72. The fraction of sp³-hybridized carbons (Fsp3) is 0.333. The summed E-state index contributed by atoms with van der Waals surface area (Å²) in [6.07, 6.45) is 1.02. The van der Waals surface area contributed by atoms with E-state index in [1.54, 1.807) is 6.07 Å². The third-order valence-corrected chi connectivity index (χ3v) is 4.79. The largest absolute Gasteiger partial charge is 0.504 e. The lowest BCUT2D eigenvalue weighted by Crippen LogP contribution is -2.48. The predicted octanol–water partition coefficient (Wildman–Crippen LogP) is 3.62. The van der Waals surface area contributed by atoms with Gasteiger partial charge in [-0.15, -0.1) is 17.0 Å². The molecular formula is C18H20BrNO3. The van der Waals surface area contributed by atoms with Gasteiger partial charge in [-0.05, 0) is 23.6 Å². The van der Waals surface area contributed by atoms with Gasteiger partial charge in [-0.25, -0.2) is 0 Å². The minimum atomic E-state index is -0.138. The van der Waals surface area contributed by atoms with Crippen LogP contribution in [0.25, 0.3) is 0 Å². The highest BCUT2D eigenvalue weighted by Crippen LogP contribution is 2.47. The molecule has 2 aliphatic rings. The first kappa shape index (κ1) is 16.1. The molecule has 0 spiro atoms. The van der Waals surface area contributed by atoms with E-state index < -0.39 is 0 Å². The van der Waals surface area contributed by atoms with Crippen molar-refractivity contribution in [2.75, 3.05) is 6.61 Å². The van der Waals surface area contributed by atoms with Crippen molar-refractivity contribution in [3.63, 3.8) is 0 Å². The lowest BCUT2D eigenvalue weighted by Gasteiger charge is -2.42. The van der Waals surface area contributed by atoms with Crippen molar-refractivity contribution >= 4 is 17.0 Å². The van der Waals surface area contributed by atoms with Crippen LogP contribution in [0.5, 0.6) is 17.2 Å². The number of benzene rings is 2. The Balaban J connectivity index is 0.00000156. The number of hydrogen-bond acceptors (Lipinski definition) is 4. The molecule has 3 unspecified atom stereocenters. The summed E-state index contributed by atoms with van der Waals surface area (Å²) < 4.78 is 5.80. The molecule has 3 atom stereocenters. The van der Waals surface area contributed by atoms with E-state index in [2.05, 4.69) is 36.5 Å². The Morgan fingerprint density at radius 2 is 1.78 bits per heavy atom. The zero-order chi connectivity index (χ0) is 15.3. The van der Waals surface area contributed by atoms with Crippen molar-refractivity contribution < 1.29 is 14.9 Å². The van der Waals surface area contributed by atoms with Crippen molar-refractivity contribution in [3.05, 3.63) is 53.1 Å². The van der Waals surface area contributed by atoms with E-state index in [1.165, 1.54) is 17.2 Å². The molecule has 0 aliphatic carbocycles. The van der Waals surface area contributed by atoms with Gasteiger partial charge in [0, 0.05) is 23.6 Å². The lowest BCUT2D eigenvalue weighted by molar-refractivity contribution is 0.200. The van der Waals surface area contributed by atoms with Crippen LogP contribution in [0.1, 0.15) is 42.0 Å². The number of halogens is 1. The molecule has 2 heterocycles. The Bertz CT molecular complexity index is 734. The molecule has 4 rings (SSSR count). The molecule has 0 amide bonds. The normalized spacial score (nSPS) is 24.5. The van der Waals surface area contributed by atoms with Crippen molar-refractivity contribution in [1.29, 1.82) is 0 Å². The molecule has 0 bridgehead atoms. The average Bonchev–Trinajstić information content (AvgIpc) is 2.55. The molecular weight excluding hydrogens is 358 g/mol. The number of rotatable bonds is 1. The van der Waals surface area contributed by atoms with Crippen LogP contribution in [-0.2, 0) is 0 Å². The number of ether oxygens (including phenoxy) is 1. The van der Waals surface area contributed by atoms with Crippen LogP contribution < -0.4 is 10.1 Å². The second-order valence-corrected chi connectivity index (χ2v) is 6.03. The van der Waals surface area contributed by atoms with Gasteiger partial charge >= 0.3 is 0 Å². The van der Waals surface area contributed by atoms with Crippen LogP contribution in [0, 0.1) is 0 Å². The van der Waals surface area contributed by atoms with Gasteiger partial charge in [0.25, 0.3) is 0 Å². The van der Waals surface area contributed by atoms with Crippen LogP contribution in [0.2, 0.25) is 0 Å². The highest BCUT2D eigenvalue weighted by atomic mass is 79.9. The summed E-state index contributed by atoms with van der Waals surface area (Å²) in [6, 6.07) is 12.1. The second kappa shape index (κ2) is 6.06. The van der Waals surface area contributed by atoms with E-state index in [1.807, 2.05) is 0 Å². The van der Waals surface area contributed by atoms with Crippen LogP contribution >= 0.6 is 17.0 Å². The highest BCUT2D eigenvalue weighted by molar-refractivity contribution is 8.93. The van der Waals surface area contributed by atoms with Crippen molar-refractivity contribution in [2.24, 2.45) is 0 Å². The van der Waals surface area contributed by atoms with Crippen molar-refractivity contribution in [3.8, 4) is 17.2 Å². The third-order valence-electron chi connectivity index (χ3n) is 4.79. The average molecular weight is 378 g/mol. The first-order valence-corrected chi connectivity index (χ1v) is 7.72. The van der Waals surface area contributed by atoms with E-state index in [-0.39, 0.29) is 40.4 Å². The Hall–Kier alpha value is -1.72. The van der Waals surface area contributed by atoms with E-state index >= 15 is 0 Å². The maximum absolute atomic E-state index is 9.89. The fourth-order valence-corrected chi connectivity index (χ4v) is 3.76. The molecule has 2 aromatic carbocycles. The monoisotopic (exact) mass is 377 g/mol. The van der Waals surface area contributed by atoms with E-state index in [0.717, 1.165) is 12.0 Å². The standard InChI is InChI=1S/C18H19NO3.BrH/c1-2-13-10-5-3-4-6-11(10)18-12-7-15(20)16(21)8-17(12)22-9-14(18)19-13;/h3-8,13-14,18-21H,2,9H2,1H3;1H. The Labute approximate surface area is 145 Å². The van der Waals surface area contributed by atoms with E-state index in [0.29, 0.717) is 18.4 Å². The topological polar surface area (TPSA) is 61.7 Å². The van der Waals surface area contributed by atoms with Crippen LogP contribution in [0.4, 0.5) is 0 Å². The Morgan fingerprint density at radius 1 is 1.09 bits per heavy atom. The SMILES string of the molecule is Br.CCC1NC2COc3cc(O)c(O)cc3C2c2ccccc21. The minimum absolute atomic E-state index is 0. The number of aromatic hydroxyl groups is 2. The fourth-order valence-electron chi connectivity index (χ4n) is 3.76. The molecule has 122 valence electrons. The molecule has 0 aromatic heterocycles. The maximum Gasteiger partial charge on any atom is 0.161 e. The smallest absolute Gasteiger partial charge is 0.161 e. The third kappa shape index (κ3) is 2.48. The summed E-state index contributed by atoms with van der Waals surface area (Å²) in [5, 5.41) is 23.3. The summed E-state index contributed by atoms with van der Waals surface area (Å²) in [7, 11) is 0. The summed E-state index contributed by atoms with van der Waals surface area (Å²) >= 11 is 0. The summed E-state index contributed by atoms with van der Waals surface area (Å²) in [5.74, 6) is 0.552. The number of phenols is 2. The van der Waals surface area contributed by atoms with Gasteiger partial charge in [-0.1, -0.05) is 31.2 Å². The van der Waals surface area contributed by atoms with Crippen LogP contribution in [0.15, 0.2) is 36.4 Å². The quantitative estimate of drug-likeness (QED) is 0.664. The Morgan fingerprint density at radius 3 is 2.52 bits per heavy atom. The second-order valence-electron chi connectivity index (χ2n) is 6.03. The number of hydrogen-bond donors (Lipinski definition) is 3. The van der Waals surface area contributed by atoms with Gasteiger partial charge in [0.05, 0.1) is 6.04 Å². The maximum atomic E-state index is 9.89.